The van der Waals surface area contributed by atoms with Gasteiger partial charge in [0.15, 0.2) is 5.16 Å². The van der Waals surface area contributed by atoms with Gasteiger partial charge >= 0.3 is 0 Å². The molecule has 0 aromatic carbocycles. The largest absolute Gasteiger partial charge is 0.382 e. The third-order valence-electron chi connectivity index (χ3n) is 2.17. The van der Waals surface area contributed by atoms with Crippen molar-refractivity contribution in [3.05, 3.63) is 5.56 Å². The first-order valence-electron chi connectivity index (χ1n) is 5.47. The molecular weight excluding hydrogens is 252 g/mol. The Bertz CT molecular complexity index is 415. The fourth-order valence-corrected chi connectivity index (χ4v) is 2.71. The minimum atomic E-state index is 0.282. The molecule has 4 nitrogen and oxygen atoms in total. The highest BCUT2D eigenvalue weighted by Gasteiger charge is 2.11. The zero-order chi connectivity index (χ0) is 12.7. The highest BCUT2D eigenvalue weighted by atomic mass is 32.2. The van der Waals surface area contributed by atoms with Gasteiger partial charge in [-0.2, -0.15) is 5.26 Å². The van der Waals surface area contributed by atoms with Gasteiger partial charge < -0.3 is 5.73 Å². The monoisotopic (exact) mass is 268 g/mol. The molecule has 0 aliphatic heterocycles. The molecule has 0 radical (unpaired) electrons. The third kappa shape index (κ3) is 4.10. The molecule has 0 atom stereocenters. The zero-order valence-electron chi connectivity index (χ0n) is 10.1. The van der Waals surface area contributed by atoms with Gasteiger partial charge in [0.05, 0.1) is 0 Å². The highest BCUT2D eigenvalue weighted by Crippen LogP contribution is 2.25. The fraction of sp³-hybridized carbons (Fsp3) is 0.545. The van der Waals surface area contributed by atoms with E-state index in [0.717, 1.165) is 12.2 Å². The Morgan fingerprint density at radius 1 is 1.35 bits per heavy atom. The molecule has 1 aromatic heterocycles. The lowest BCUT2D eigenvalue weighted by molar-refractivity contribution is 0.776. The first-order chi connectivity index (χ1) is 8.22. The van der Waals surface area contributed by atoms with Crippen LogP contribution in [0.3, 0.4) is 0 Å². The van der Waals surface area contributed by atoms with E-state index in [1.54, 1.807) is 11.8 Å². The second-order valence-corrected chi connectivity index (χ2v) is 5.30. The summed E-state index contributed by atoms with van der Waals surface area (Å²) in [5, 5.41) is 10.3. The molecule has 1 aromatic rings. The van der Waals surface area contributed by atoms with E-state index in [2.05, 4.69) is 16.9 Å². The van der Waals surface area contributed by atoms with E-state index >= 15 is 0 Å². The van der Waals surface area contributed by atoms with Crippen molar-refractivity contribution in [2.75, 3.05) is 17.7 Å². The minimum absolute atomic E-state index is 0.282. The molecule has 0 bridgehead atoms. The molecule has 0 spiro atoms. The summed E-state index contributed by atoms with van der Waals surface area (Å²) in [6.45, 7) is 2.17. The zero-order valence-corrected chi connectivity index (χ0v) is 11.7. The smallest absolute Gasteiger partial charge is 0.190 e. The fourth-order valence-electron chi connectivity index (χ4n) is 1.27. The van der Waals surface area contributed by atoms with Gasteiger partial charge in [-0.05, 0) is 12.7 Å². The SMILES string of the molecule is CCCCCSc1nc(N)c(C#N)c(SC)n1. The normalized spacial score (nSPS) is 10.2. The third-order valence-corrected chi connectivity index (χ3v) is 3.78. The van der Waals surface area contributed by atoms with Crippen LogP contribution in [0.2, 0.25) is 0 Å². The van der Waals surface area contributed by atoms with Crippen LogP contribution in [0.25, 0.3) is 0 Å². The number of nitrogens with two attached hydrogens (primary N) is 1. The maximum atomic E-state index is 8.94. The molecule has 0 aliphatic carbocycles. The predicted molar refractivity (Wildman–Crippen MR) is 73.2 cm³/mol. The summed E-state index contributed by atoms with van der Waals surface area (Å²) < 4.78 is 0. The average Bonchev–Trinajstić information content (AvgIpc) is 2.34. The van der Waals surface area contributed by atoms with Gasteiger partial charge in [-0.15, -0.1) is 11.8 Å². The summed E-state index contributed by atoms with van der Waals surface area (Å²) in [6, 6.07) is 2.04. The number of hydrogen-bond acceptors (Lipinski definition) is 6. The molecule has 0 fully saturated rings. The van der Waals surface area contributed by atoms with Crippen LogP contribution in [0.4, 0.5) is 5.82 Å². The van der Waals surface area contributed by atoms with Crippen molar-refractivity contribution >= 4 is 29.3 Å². The Morgan fingerprint density at radius 3 is 2.71 bits per heavy atom. The average molecular weight is 268 g/mol. The molecule has 0 aliphatic rings. The summed E-state index contributed by atoms with van der Waals surface area (Å²) in [6.07, 6.45) is 5.45. The van der Waals surface area contributed by atoms with Gasteiger partial charge in [-0.3, -0.25) is 0 Å². The lowest BCUT2D eigenvalue weighted by Gasteiger charge is -2.05. The van der Waals surface area contributed by atoms with Crippen LogP contribution >= 0.6 is 23.5 Å². The highest BCUT2D eigenvalue weighted by molar-refractivity contribution is 7.99. The number of rotatable bonds is 6. The number of hydrogen-bond donors (Lipinski definition) is 1. The second-order valence-electron chi connectivity index (χ2n) is 3.44. The van der Waals surface area contributed by atoms with E-state index in [9.17, 15) is 0 Å². The molecule has 92 valence electrons. The molecule has 0 saturated carbocycles. The van der Waals surface area contributed by atoms with Gasteiger partial charge in [0, 0.05) is 5.75 Å². The van der Waals surface area contributed by atoms with E-state index in [0.29, 0.717) is 15.7 Å². The molecule has 17 heavy (non-hydrogen) atoms. The molecule has 1 rings (SSSR count). The van der Waals surface area contributed by atoms with Crippen LogP contribution in [0, 0.1) is 11.3 Å². The van der Waals surface area contributed by atoms with Crippen LogP contribution in [0.15, 0.2) is 10.2 Å². The molecule has 0 amide bonds. The van der Waals surface area contributed by atoms with Crippen LogP contribution < -0.4 is 5.73 Å². The van der Waals surface area contributed by atoms with Crippen LogP contribution in [0.1, 0.15) is 31.7 Å². The number of nitriles is 1. The van der Waals surface area contributed by atoms with Crippen molar-refractivity contribution in [3.63, 3.8) is 0 Å². The number of aromatic nitrogens is 2. The van der Waals surface area contributed by atoms with E-state index in [4.69, 9.17) is 11.0 Å². The number of unbranched alkanes of at least 4 members (excludes halogenated alkanes) is 2. The number of anilines is 1. The Labute approximate surface area is 110 Å². The summed E-state index contributed by atoms with van der Waals surface area (Å²) in [4.78, 5) is 8.48. The van der Waals surface area contributed by atoms with Gasteiger partial charge in [-0.25, -0.2) is 9.97 Å². The van der Waals surface area contributed by atoms with E-state index in [1.807, 2.05) is 12.3 Å². The Hall–Kier alpha value is -0.930. The molecule has 1 heterocycles. The van der Waals surface area contributed by atoms with Crippen molar-refractivity contribution in [2.24, 2.45) is 0 Å². The molecule has 6 heteroatoms. The number of nitrogens with zero attached hydrogens (tertiary/aromatic N) is 3. The van der Waals surface area contributed by atoms with Gasteiger partial charge in [0.25, 0.3) is 0 Å². The topological polar surface area (TPSA) is 75.6 Å². The maximum absolute atomic E-state index is 8.94. The predicted octanol–water partition coefficient (Wildman–Crippen LogP) is 2.93. The first kappa shape index (κ1) is 14.1. The van der Waals surface area contributed by atoms with E-state index in [1.165, 1.54) is 24.6 Å². The number of nitrogen functional groups attached to an aromatic ring is 1. The van der Waals surface area contributed by atoms with Crippen LogP contribution in [0.5, 0.6) is 0 Å². The Balaban J connectivity index is 2.75. The van der Waals surface area contributed by atoms with Crippen molar-refractivity contribution in [3.8, 4) is 6.07 Å². The van der Waals surface area contributed by atoms with Crippen LogP contribution in [-0.2, 0) is 0 Å². The minimum Gasteiger partial charge on any atom is -0.382 e. The van der Waals surface area contributed by atoms with Gasteiger partial charge in [0.1, 0.15) is 22.5 Å². The standard InChI is InChI=1S/C11H16N4S2/c1-3-4-5-6-17-11-14-9(13)8(7-12)10(15-11)16-2/h3-6H2,1-2H3,(H2,13,14,15). The van der Waals surface area contributed by atoms with Crippen molar-refractivity contribution < 1.29 is 0 Å². The summed E-state index contributed by atoms with van der Waals surface area (Å²) in [7, 11) is 0. The summed E-state index contributed by atoms with van der Waals surface area (Å²) in [5.74, 6) is 1.28. The quantitative estimate of drug-likeness (QED) is 0.370. The summed E-state index contributed by atoms with van der Waals surface area (Å²) >= 11 is 3.02. The molecular formula is C11H16N4S2. The molecule has 0 unspecified atom stereocenters. The van der Waals surface area contributed by atoms with Crippen molar-refractivity contribution in [2.45, 2.75) is 36.4 Å². The van der Waals surface area contributed by atoms with E-state index in [-0.39, 0.29) is 5.82 Å². The molecule has 2 N–H and O–H groups in total. The van der Waals surface area contributed by atoms with Gasteiger partial charge in [-0.1, -0.05) is 31.5 Å². The maximum Gasteiger partial charge on any atom is 0.190 e. The molecule has 0 saturated heterocycles. The lowest BCUT2D eigenvalue weighted by Crippen LogP contribution is -2.01. The summed E-state index contributed by atoms with van der Waals surface area (Å²) in [5.41, 5.74) is 6.12. The van der Waals surface area contributed by atoms with Gasteiger partial charge in [0.2, 0.25) is 0 Å². The van der Waals surface area contributed by atoms with Crippen molar-refractivity contribution in [1.29, 1.82) is 5.26 Å². The van der Waals surface area contributed by atoms with Crippen molar-refractivity contribution in [1.82, 2.24) is 9.97 Å². The Kier molecular flexibility index (Phi) is 6.16. The van der Waals surface area contributed by atoms with Crippen LogP contribution in [-0.4, -0.2) is 22.0 Å². The van der Waals surface area contributed by atoms with E-state index < -0.39 is 0 Å². The number of thioether (sulfide) groups is 2. The Morgan fingerprint density at radius 2 is 2.12 bits per heavy atom. The second kappa shape index (κ2) is 7.41. The first-order valence-corrected chi connectivity index (χ1v) is 7.68. The lowest BCUT2D eigenvalue weighted by atomic mass is 10.3.